The van der Waals surface area contributed by atoms with Crippen LogP contribution in [-0.2, 0) is 19.1 Å². The Bertz CT molecular complexity index is 544. The molecule has 0 aliphatic rings. The van der Waals surface area contributed by atoms with Crippen LogP contribution >= 0.6 is 15.9 Å². The Hall–Kier alpha value is -1.86. The fraction of sp³-hybridized carbons (Fsp3) is 0.333. The number of hydrogen-bond donors (Lipinski definition) is 1. The molecular weight excluding hydrogens is 354 g/mol. The van der Waals surface area contributed by atoms with Gasteiger partial charge in [-0.05, 0) is 33.6 Å². The summed E-state index contributed by atoms with van der Waals surface area (Å²) < 4.78 is 15.6. The standard InChI is InChI=1S/C15H18BrNO5/c1-20-7-4-8-22-12-6-3-5-11(9-12)13(16)14(17-10-18)15(19)21-2/h3,5-6,9-10H,4,7-8H2,1-2H3,(H,17,18). The molecule has 0 spiro atoms. The molecule has 0 aliphatic heterocycles. The highest BCUT2D eigenvalue weighted by Crippen LogP contribution is 2.27. The lowest BCUT2D eigenvalue weighted by Gasteiger charge is -2.10. The highest BCUT2D eigenvalue weighted by atomic mass is 79.9. The zero-order valence-electron chi connectivity index (χ0n) is 12.4. The van der Waals surface area contributed by atoms with E-state index in [0.29, 0.717) is 35.4 Å². The fourth-order valence-electron chi connectivity index (χ4n) is 1.63. The van der Waals surface area contributed by atoms with Crippen LogP contribution in [0.5, 0.6) is 5.75 Å². The number of benzene rings is 1. The number of carbonyl (C=O) groups is 2. The maximum atomic E-state index is 11.7. The van der Waals surface area contributed by atoms with Gasteiger partial charge >= 0.3 is 5.97 Å². The Morgan fingerprint density at radius 3 is 2.73 bits per heavy atom. The van der Waals surface area contributed by atoms with Gasteiger partial charge in [0.1, 0.15) is 11.4 Å². The number of hydrogen-bond acceptors (Lipinski definition) is 5. The van der Waals surface area contributed by atoms with E-state index in [2.05, 4.69) is 26.0 Å². The van der Waals surface area contributed by atoms with E-state index in [9.17, 15) is 9.59 Å². The van der Waals surface area contributed by atoms with Gasteiger partial charge < -0.3 is 19.5 Å². The molecule has 1 aromatic carbocycles. The Labute approximate surface area is 137 Å². The van der Waals surface area contributed by atoms with Crippen LogP contribution in [0.25, 0.3) is 4.48 Å². The molecule has 0 unspecified atom stereocenters. The predicted octanol–water partition coefficient (Wildman–Crippen LogP) is 2.08. The first-order chi connectivity index (χ1) is 10.6. The van der Waals surface area contributed by atoms with E-state index in [0.717, 1.165) is 6.42 Å². The molecule has 0 bridgehead atoms. The summed E-state index contributed by atoms with van der Waals surface area (Å²) >= 11 is 3.30. The molecule has 0 atom stereocenters. The number of methoxy groups -OCH3 is 2. The molecule has 1 amide bonds. The van der Waals surface area contributed by atoms with E-state index in [-0.39, 0.29) is 5.70 Å². The molecule has 1 N–H and O–H groups in total. The fourth-order valence-corrected chi connectivity index (χ4v) is 2.16. The number of esters is 1. The molecule has 120 valence electrons. The maximum absolute atomic E-state index is 11.7. The summed E-state index contributed by atoms with van der Waals surface area (Å²) in [5.41, 5.74) is 0.702. The Morgan fingerprint density at radius 2 is 2.09 bits per heavy atom. The molecule has 6 nitrogen and oxygen atoms in total. The second-order valence-electron chi connectivity index (χ2n) is 4.17. The van der Waals surface area contributed by atoms with Gasteiger partial charge in [0.15, 0.2) is 0 Å². The van der Waals surface area contributed by atoms with Crippen molar-refractivity contribution in [2.45, 2.75) is 6.42 Å². The third-order valence-electron chi connectivity index (χ3n) is 2.66. The van der Waals surface area contributed by atoms with Crippen molar-refractivity contribution in [1.29, 1.82) is 0 Å². The van der Waals surface area contributed by atoms with Gasteiger partial charge in [0.25, 0.3) is 0 Å². The van der Waals surface area contributed by atoms with Crippen molar-refractivity contribution in [3.8, 4) is 5.75 Å². The Morgan fingerprint density at radius 1 is 1.32 bits per heavy atom. The number of halogens is 1. The molecule has 0 aromatic heterocycles. The summed E-state index contributed by atoms with van der Waals surface area (Å²) in [5.74, 6) is 0.00580. The van der Waals surface area contributed by atoms with Crippen LogP contribution in [-0.4, -0.2) is 39.8 Å². The lowest BCUT2D eigenvalue weighted by Crippen LogP contribution is -2.21. The molecule has 1 rings (SSSR count). The van der Waals surface area contributed by atoms with Gasteiger partial charge in [0.2, 0.25) is 6.41 Å². The molecule has 22 heavy (non-hydrogen) atoms. The quantitative estimate of drug-likeness (QED) is 0.311. The monoisotopic (exact) mass is 371 g/mol. The SMILES string of the molecule is COCCCOc1cccc(C(Br)=C(NC=O)C(=O)OC)c1. The first kappa shape index (κ1) is 18.2. The van der Waals surface area contributed by atoms with E-state index in [1.165, 1.54) is 7.11 Å². The van der Waals surface area contributed by atoms with Crippen molar-refractivity contribution < 1.29 is 23.8 Å². The molecule has 0 saturated carbocycles. The smallest absolute Gasteiger partial charge is 0.355 e. The number of carbonyl (C=O) groups excluding carboxylic acids is 2. The van der Waals surface area contributed by atoms with Crippen LogP contribution in [0.2, 0.25) is 0 Å². The van der Waals surface area contributed by atoms with Crippen molar-refractivity contribution >= 4 is 32.8 Å². The van der Waals surface area contributed by atoms with Crippen LogP contribution in [0.4, 0.5) is 0 Å². The molecule has 0 aliphatic carbocycles. The average molecular weight is 372 g/mol. The molecule has 0 radical (unpaired) electrons. The van der Waals surface area contributed by atoms with Gasteiger partial charge in [0.05, 0.1) is 18.2 Å². The topological polar surface area (TPSA) is 73.9 Å². The average Bonchev–Trinajstić information content (AvgIpc) is 2.55. The summed E-state index contributed by atoms with van der Waals surface area (Å²) in [5, 5.41) is 2.33. The molecule has 0 saturated heterocycles. The normalized spacial score (nSPS) is 11.4. The summed E-state index contributed by atoms with van der Waals surface area (Å²) in [7, 11) is 2.88. The minimum Gasteiger partial charge on any atom is -0.493 e. The van der Waals surface area contributed by atoms with Crippen LogP contribution in [0.1, 0.15) is 12.0 Å². The second-order valence-corrected chi connectivity index (χ2v) is 4.96. The van der Waals surface area contributed by atoms with Crippen LogP contribution in [0.15, 0.2) is 30.0 Å². The Kier molecular flexibility index (Phi) is 8.24. The molecular formula is C15H18BrNO5. The van der Waals surface area contributed by atoms with Crippen LogP contribution in [0.3, 0.4) is 0 Å². The summed E-state index contributed by atoms with van der Waals surface area (Å²) in [4.78, 5) is 22.3. The lowest BCUT2D eigenvalue weighted by atomic mass is 10.2. The van der Waals surface area contributed by atoms with Crippen molar-refractivity contribution in [3.63, 3.8) is 0 Å². The minimum atomic E-state index is -0.648. The maximum Gasteiger partial charge on any atom is 0.355 e. The van der Waals surface area contributed by atoms with Crippen molar-refractivity contribution in [3.05, 3.63) is 35.5 Å². The molecule has 0 fully saturated rings. The summed E-state index contributed by atoms with van der Waals surface area (Å²) in [6.45, 7) is 1.15. The van der Waals surface area contributed by atoms with Gasteiger partial charge in [-0.25, -0.2) is 4.79 Å². The largest absolute Gasteiger partial charge is 0.493 e. The van der Waals surface area contributed by atoms with Gasteiger partial charge in [-0.15, -0.1) is 0 Å². The number of amides is 1. The predicted molar refractivity (Wildman–Crippen MR) is 85.5 cm³/mol. The van der Waals surface area contributed by atoms with Crippen molar-refractivity contribution in [1.82, 2.24) is 5.32 Å². The second kappa shape index (κ2) is 9.97. The van der Waals surface area contributed by atoms with E-state index in [1.54, 1.807) is 25.3 Å². The summed E-state index contributed by atoms with van der Waals surface area (Å²) in [6, 6.07) is 7.13. The van der Waals surface area contributed by atoms with E-state index in [1.807, 2.05) is 6.07 Å². The van der Waals surface area contributed by atoms with Crippen molar-refractivity contribution in [2.24, 2.45) is 0 Å². The molecule has 0 heterocycles. The highest BCUT2D eigenvalue weighted by molar-refractivity contribution is 9.15. The van der Waals surface area contributed by atoms with Gasteiger partial charge in [-0.3, -0.25) is 4.79 Å². The number of rotatable bonds is 9. The third kappa shape index (κ3) is 5.50. The zero-order chi connectivity index (χ0) is 16.4. The van der Waals surface area contributed by atoms with Crippen molar-refractivity contribution in [2.75, 3.05) is 27.4 Å². The third-order valence-corrected chi connectivity index (χ3v) is 3.52. The van der Waals surface area contributed by atoms with E-state index < -0.39 is 5.97 Å². The summed E-state index contributed by atoms with van der Waals surface area (Å²) in [6.07, 6.45) is 1.19. The van der Waals surface area contributed by atoms with Gasteiger partial charge in [-0.2, -0.15) is 0 Å². The van der Waals surface area contributed by atoms with Gasteiger partial charge in [0, 0.05) is 20.1 Å². The Balaban J connectivity index is 2.94. The van der Waals surface area contributed by atoms with E-state index in [4.69, 9.17) is 9.47 Å². The highest BCUT2D eigenvalue weighted by Gasteiger charge is 2.15. The lowest BCUT2D eigenvalue weighted by molar-refractivity contribution is -0.137. The minimum absolute atomic E-state index is 0.0223. The van der Waals surface area contributed by atoms with Crippen LogP contribution < -0.4 is 10.1 Å². The zero-order valence-corrected chi connectivity index (χ0v) is 14.0. The molecule has 1 aromatic rings. The number of ether oxygens (including phenoxy) is 3. The van der Waals surface area contributed by atoms with Gasteiger partial charge in [-0.1, -0.05) is 12.1 Å². The molecule has 7 heteroatoms. The number of nitrogens with one attached hydrogen (secondary N) is 1. The first-order valence-electron chi connectivity index (χ1n) is 6.54. The van der Waals surface area contributed by atoms with E-state index >= 15 is 0 Å². The van der Waals surface area contributed by atoms with Crippen LogP contribution in [0, 0.1) is 0 Å². The first-order valence-corrected chi connectivity index (χ1v) is 7.33.